The highest BCUT2D eigenvalue weighted by Gasteiger charge is 2.25. The average Bonchev–Trinajstić information content (AvgIpc) is 3.46. The van der Waals surface area contributed by atoms with E-state index in [1.165, 1.54) is 12.1 Å². The Morgan fingerprint density at radius 1 is 1.03 bits per heavy atom. The summed E-state index contributed by atoms with van der Waals surface area (Å²) in [6, 6.07) is 17.3. The minimum absolute atomic E-state index is 0.0149. The van der Waals surface area contributed by atoms with Crippen LogP contribution in [-0.2, 0) is 0 Å². The van der Waals surface area contributed by atoms with Crippen LogP contribution in [0.3, 0.4) is 0 Å². The van der Waals surface area contributed by atoms with Crippen molar-refractivity contribution in [1.82, 2.24) is 4.90 Å². The number of halogens is 1. The Balaban J connectivity index is 1.62. The van der Waals surface area contributed by atoms with E-state index in [1.54, 1.807) is 23.1 Å². The molecule has 32 heavy (non-hydrogen) atoms. The van der Waals surface area contributed by atoms with Gasteiger partial charge in [0.1, 0.15) is 11.9 Å². The van der Waals surface area contributed by atoms with E-state index in [2.05, 4.69) is 0 Å². The number of benzene rings is 3. The third kappa shape index (κ3) is 3.55. The van der Waals surface area contributed by atoms with Gasteiger partial charge >= 0.3 is 0 Å². The molecule has 2 heterocycles. The molecule has 0 bridgehead atoms. The minimum atomic E-state index is -0.608. The Hall–Kier alpha value is -3.89. The van der Waals surface area contributed by atoms with Crippen LogP contribution in [0, 0.1) is 17.1 Å². The molecule has 2 aliphatic rings. The van der Waals surface area contributed by atoms with Gasteiger partial charge in [0.15, 0.2) is 11.5 Å². The molecule has 7 heteroatoms. The topological polar surface area (TPSA) is 88.6 Å². The van der Waals surface area contributed by atoms with Crippen LogP contribution in [0.1, 0.15) is 22.3 Å². The van der Waals surface area contributed by atoms with Gasteiger partial charge in [0.05, 0.1) is 5.56 Å². The maximum atomic E-state index is 14.4. The van der Waals surface area contributed by atoms with Gasteiger partial charge in [0.2, 0.25) is 6.79 Å². The molecule has 5 rings (SSSR count). The van der Waals surface area contributed by atoms with Crippen LogP contribution in [0.4, 0.5) is 4.39 Å². The van der Waals surface area contributed by atoms with E-state index in [9.17, 15) is 9.18 Å². The van der Waals surface area contributed by atoms with Crippen LogP contribution in [0.2, 0.25) is 0 Å². The molecule has 0 radical (unpaired) electrons. The number of rotatable bonds is 3. The zero-order chi connectivity index (χ0) is 22.2. The van der Waals surface area contributed by atoms with Crippen LogP contribution in [0.5, 0.6) is 11.5 Å². The number of nitrogens with zero attached hydrogens (tertiary/aromatic N) is 2. The first-order valence-electron chi connectivity index (χ1n) is 10.3. The fourth-order valence-corrected chi connectivity index (χ4v) is 4.16. The second kappa shape index (κ2) is 7.98. The van der Waals surface area contributed by atoms with Gasteiger partial charge in [-0.15, -0.1) is 0 Å². The molecule has 160 valence electrons. The molecule has 1 amide bonds. The molecule has 0 unspecified atom stereocenters. The lowest BCUT2D eigenvalue weighted by atomic mass is 9.91. The van der Waals surface area contributed by atoms with E-state index in [0.717, 1.165) is 17.5 Å². The van der Waals surface area contributed by atoms with Crippen LogP contribution in [0.15, 0.2) is 54.6 Å². The number of amides is 1. The normalized spacial score (nSPS) is 16.8. The van der Waals surface area contributed by atoms with Crippen molar-refractivity contribution in [2.45, 2.75) is 12.5 Å². The van der Waals surface area contributed by atoms with Crippen molar-refractivity contribution < 1.29 is 18.7 Å². The summed E-state index contributed by atoms with van der Waals surface area (Å²) >= 11 is 0. The number of hydrogen-bond donors (Lipinski definition) is 1. The summed E-state index contributed by atoms with van der Waals surface area (Å²) in [6.07, 6.45) is 0.773. The summed E-state index contributed by atoms with van der Waals surface area (Å²) in [5, 5.41) is 9.09. The van der Waals surface area contributed by atoms with E-state index in [-0.39, 0.29) is 24.3 Å². The number of hydrogen-bond acceptors (Lipinski definition) is 5. The van der Waals surface area contributed by atoms with Crippen LogP contribution in [-0.4, -0.2) is 36.7 Å². The second-order valence-corrected chi connectivity index (χ2v) is 7.93. The van der Waals surface area contributed by atoms with Crippen molar-refractivity contribution >= 4 is 5.91 Å². The molecule has 3 aromatic rings. The lowest BCUT2D eigenvalue weighted by molar-refractivity contribution is 0.0791. The van der Waals surface area contributed by atoms with Gasteiger partial charge < -0.3 is 20.1 Å². The predicted octanol–water partition coefficient (Wildman–Crippen LogP) is 3.93. The number of carbonyl (C=O) groups excluding carboxylic acids is 1. The van der Waals surface area contributed by atoms with E-state index in [0.29, 0.717) is 41.3 Å². The zero-order valence-electron chi connectivity index (χ0n) is 17.2. The average molecular weight is 429 g/mol. The first kappa shape index (κ1) is 20.0. The molecule has 1 atom stereocenters. The van der Waals surface area contributed by atoms with Gasteiger partial charge in [-0.3, -0.25) is 4.79 Å². The van der Waals surface area contributed by atoms with Crippen molar-refractivity contribution in [1.29, 1.82) is 5.26 Å². The Labute approximate surface area is 184 Å². The number of ether oxygens (including phenoxy) is 2. The molecule has 0 saturated carbocycles. The van der Waals surface area contributed by atoms with E-state index >= 15 is 0 Å². The fraction of sp³-hybridized carbons (Fsp3) is 0.200. The predicted molar refractivity (Wildman–Crippen MR) is 117 cm³/mol. The Bertz CT molecular complexity index is 1270. The highest BCUT2D eigenvalue weighted by atomic mass is 19.1. The van der Waals surface area contributed by atoms with Gasteiger partial charge in [-0.2, -0.15) is 5.26 Å². The minimum Gasteiger partial charge on any atom is -0.454 e. The summed E-state index contributed by atoms with van der Waals surface area (Å²) in [7, 11) is 0. The lowest BCUT2D eigenvalue weighted by Crippen LogP contribution is -2.31. The van der Waals surface area contributed by atoms with Crippen molar-refractivity contribution in [3.63, 3.8) is 0 Å². The molecule has 0 aromatic heterocycles. The Kier molecular flexibility index (Phi) is 5.00. The summed E-state index contributed by atoms with van der Waals surface area (Å²) in [4.78, 5) is 14.8. The van der Waals surface area contributed by atoms with E-state index in [1.807, 2.05) is 30.3 Å². The zero-order valence-corrected chi connectivity index (χ0v) is 17.2. The highest BCUT2D eigenvalue weighted by Crippen LogP contribution is 2.40. The molecule has 1 saturated heterocycles. The molecular formula is C25H20FN3O3. The van der Waals surface area contributed by atoms with Crippen LogP contribution in [0.25, 0.3) is 22.3 Å². The van der Waals surface area contributed by atoms with Gasteiger partial charge in [0, 0.05) is 24.7 Å². The van der Waals surface area contributed by atoms with E-state index < -0.39 is 5.82 Å². The molecule has 6 nitrogen and oxygen atoms in total. The highest BCUT2D eigenvalue weighted by molar-refractivity contribution is 5.98. The smallest absolute Gasteiger partial charge is 0.253 e. The summed E-state index contributed by atoms with van der Waals surface area (Å²) in [6.45, 7) is 1.30. The first-order valence-corrected chi connectivity index (χ1v) is 10.3. The maximum Gasteiger partial charge on any atom is 0.253 e. The number of nitriles is 1. The van der Waals surface area contributed by atoms with Crippen molar-refractivity contribution in [3.8, 4) is 39.8 Å². The summed E-state index contributed by atoms with van der Waals surface area (Å²) < 4.78 is 25.4. The molecule has 2 N–H and O–H groups in total. The number of likely N-dealkylation sites (tertiary alicyclic amines) is 1. The van der Waals surface area contributed by atoms with E-state index in [4.69, 9.17) is 20.5 Å². The lowest BCUT2D eigenvalue weighted by Gasteiger charge is -2.18. The SMILES string of the molecule is N#Cc1ccc(-c2cc(C(=O)N3CC[C@H](N)C3)ccc2-c2ccc3c(c2)OCO3)cc1F. The Morgan fingerprint density at radius 2 is 1.81 bits per heavy atom. The largest absolute Gasteiger partial charge is 0.454 e. The second-order valence-electron chi connectivity index (χ2n) is 7.93. The quantitative estimate of drug-likeness (QED) is 0.682. The van der Waals surface area contributed by atoms with Crippen molar-refractivity contribution in [2.24, 2.45) is 5.73 Å². The maximum absolute atomic E-state index is 14.4. The van der Waals surface area contributed by atoms with Gasteiger partial charge in [-0.05, 0) is 65.1 Å². The third-order valence-corrected chi connectivity index (χ3v) is 5.86. The molecule has 3 aromatic carbocycles. The molecule has 1 fully saturated rings. The standard InChI is InChI=1S/C25H20FN3O3/c26-22-10-15(1-2-18(22)12-27)21-9-17(25(30)29-8-7-19(28)13-29)3-5-20(21)16-4-6-23-24(11-16)32-14-31-23/h1-6,9-11,19H,7-8,13-14,28H2/t19-/m0/s1. The monoisotopic (exact) mass is 429 g/mol. The summed E-state index contributed by atoms with van der Waals surface area (Å²) in [5.41, 5.74) is 9.34. The van der Waals surface area contributed by atoms with Gasteiger partial charge in [-0.25, -0.2) is 4.39 Å². The number of fused-ring (bicyclic) bond motifs is 1. The van der Waals surface area contributed by atoms with Crippen LogP contribution >= 0.6 is 0 Å². The number of carbonyl (C=O) groups is 1. The molecule has 0 spiro atoms. The first-order chi connectivity index (χ1) is 15.5. The van der Waals surface area contributed by atoms with Crippen LogP contribution < -0.4 is 15.2 Å². The Morgan fingerprint density at radius 3 is 2.56 bits per heavy atom. The van der Waals surface area contributed by atoms with Gasteiger partial charge in [0.25, 0.3) is 5.91 Å². The third-order valence-electron chi connectivity index (χ3n) is 5.86. The molecular weight excluding hydrogens is 409 g/mol. The van der Waals surface area contributed by atoms with Crippen molar-refractivity contribution in [3.05, 3.63) is 71.5 Å². The molecule has 0 aliphatic carbocycles. The van der Waals surface area contributed by atoms with Crippen molar-refractivity contribution in [2.75, 3.05) is 19.9 Å². The fourth-order valence-electron chi connectivity index (χ4n) is 4.16. The number of nitrogens with two attached hydrogens (primary N) is 1. The summed E-state index contributed by atoms with van der Waals surface area (Å²) in [5.74, 6) is 0.581. The molecule has 2 aliphatic heterocycles. The van der Waals surface area contributed by atoms with Gasteiger partial charge in [-0.1, -0.05) is 18.2 Å².